The largest absolute Gasteiger partial charge is 0.444 e. The van der Waals surface area contributed by atoms with Gasteiger partial charge in [0.05, 0.1) is 18.2 Å². The Morgan fingerprint density at radius 1 is 1.26 bits per heavy atom. The maximum Gasteiger partial charge on any atom is 0.410 e. The highest BCUT2D eigenvalue weighted by molar-refractivity contribution is 5.80. The number of likely N-dealkylation sites (tertiary alicyclic amines) is 1. The Hall–Kier alpha value is -1.50. The fourth-order valence-corrected chi connectivity index (χ4v) is 1.89. The third-order valence-corrected chi connectivity index (χ3v) is 3.39. The van der Waals surface area contributed by atoms with Crippen molar-refractivity contribution in [3.8, 4) is 0 Å². The van der Waals surface area contributed by atoms with E-state index in [2.05, 4.69) is 15.6 Å². The molecule has 1 fully saturated rings. The normalized spacial score (nSPS) is 16.8. The predicted molar refractivity (Wildman–Crippen MR) is 91.8 cm³/mol. The number of amides is 1. The zero-order chi connectivity index (χ0) is 17.7. The zero-order valence-electron chi connectivity index (χ0n) is 15.5. The van der Waals surface area contributed by atoms with Crippen LogP contribution in [0.2, 0.25) is 0 Å². The van der Waals surface area contributed by atoms with E-state index >= 15 is 0 Å². The number of nitrogens with zero attached hydrogens (tertiary/aromatic N) is 2. The van der Waals surface area contributed by atoms with Crippen molar-refractivity contribution in [2.24, 2.45) is 4.99 Å². The van der Waals surface area contributed by atoms with Gasteiger partial charge >= 0.3 is 6.09 Å². The van der Waals surface area contributed by atoms with Gasteiger partial charge in [-0.1, -0.05) is 0 Å². The highest BCUT2D eigenvalue weighted by atomic mass is 16.6. The Morgan fingerprint density at radius 2 is 1.87 bits per heavy atom. The van der Waals surface area contributed by atoms with Crippen molar-refractivity contribution in [2.75, 3.05) is 33.3 Å². The summed E-state index contributed by atoms with van der Waals surface area (Å²) < 4.78 is 10.7. The molecule has 1 saturated heterocycles. The fraction of sp³-hybridized carbons (Fsp3) is 0.875. The number of carbonyl (C=O) groups is 1. The Bertz CT molecular complexity index is 424. The minimum absolute atomic E-state index is 0.186. The summed E-state index contributed by atoms with van der Waals surface area (Å²) in [5, 5.41) is 6.54. The second kappa shape index (κ2) is 7.86. The summed E-state index contributed by atoms with van der Waals surface area (Å²) in [6.07, 6.45) is -0.266. The molecule has 0 saturated carbocycles. The van der Waals surface area contributed by atoms with E-state index in [0.29, 0.717) is 19.6 Å². The van der Waals surface area contributed by atoms with Crippen LogP contribution in [-0.2, 0) is 9.47 Å². The van der Waals surface area contributed by atoms with Gasteiger partial charge in [0, 0.05) is 26.7 Å². The molecule has 134 valence electrons. The molecule has 1 aliphatic heterocycles. The number of hydrogen-bond acceptors (Lipinski definition) is 4. The predicted octanol–water partition coefficient (Wildman–Crippen LogP) is 1.59. The van der Waals surface area contributed by atoms with Gasteiger partial charge in [0.2, 0.25) is 0 Å². The second-order valence-corrected chi connectivity index (χ2v) is 7.39. The van der Waals surface area contributed by atoms with Crippen molar-refractivity contribution in [3.05, 3.63) is 0 Å². The summed E-state index contributed by atoms with van der Waals surface area (Å²) >= 11 is 0. The molecule has 0 aromatic carbocycles. The average molecular weight is 328 g/mol. The molecular formula is C16H32N4O3. The highest BCUT2D eigenvalue weighted by Gasteiger charge is 2.34. The molecular weight excluding hydrogens is 296 g/mol. The first-order valence-corrected chi connectivity index (χ1v) is 8.14. The standard InChI is InChI=1S/C16H32N4O3/c1-8-17-13(18-11-16(5,6)22-7)19-12-9-20(10-12)14(21)23-15(2,3)4/h12H,8-11H2,1-7H3,(H2,17,18,19). The number of aliphatic imine (C=N–C) groups is 1. The van der Waals surface area contributed by atoms with Gasteiger partial charge in [0.15, 0.2) is 5.96 Å². The van der Waals surface area contributed by atoms with Gasteiger partial charge < -0.3 is 25.0 Å². The van der Waals surface area contributed by atoms with Crippen LogP contribution in [0.4, 0.5) is 4.79 Å². The van der Waals surface area contributed by atoms with Crippen LogP contribution in [0.15, 0.2) is 4.99 Å². The van der Waals surface area contributed by atoms with Crippen molar-refractivity contribution < 1.29 is 14.3 Å². The summed E-state index contributed by atoms with van der Waals surface area (Å²) in [6, 6.07) is 0.186. The lowest BCUT2D eigenvalue weighted by Gasteiger charge is -2.40. The molecule has 1 aliphatic rings. The van der Waals surface area contributed by atoms with Gasteiger partial charge in [0.1, 0.15) is 5.60 Å². The number of nitrogens with one attached hydrogen (secondary N) is 2. The minimum atomic E-state index is -0.461. The van der Waals surface area contributed by atoms with E-state index in [1.54, 1.807) is 12.0 Å². The third-order valence-electron chi connectivity index (χ3n) is 3.39. The van der Waals surface area contributed by atoms with Gasteiger partial charge in [-0.2, -0.15) is 0 Å². The van der Waals surface area contributed by atoms with Gasteiger partial charge in [-0.15, -0.1) is 0 Å². The first-order valence-electron chi connectivity index (χ1n) is 8.14. The van der Waals surface area contributed by atoms with E-state index in [1.165, 1.54) is 0 Å². The Balaban J connectivity index is 2.46. The summed E-state index contributed by atoms with van der Waals surface area (Å²) in [4.78, 5) is 18.1. The molecule has 0 aromatic heterocycles. The Kier molecular flexibility index (Phi) is 6.68. The first-order chi connectivity index (χ1) is 10.6. The SMILES string of the molecule is CCNC(=NCC(C)(C)OC)NC1CN(C(=O)OC(C)(C)C)C1. The molecule has 0 aliphatic carbocycles. The van der Waals surface area contributed by atoms with E-state index in [-0.39, 0.29) is 17.7 Å². The molecule has 1 heterocycles. The lowest BCUT2D eigenvalue weighted by Crippen LogP contribution is -2.63. The summed E-state index contributed by atoms with van der Waals surface area (Å²) in [6.45, 7) is 14.2. The van der Waals surface area contributed by atoms with Crippen LogP contribution in [0.1, 0.15) is 41.5 Å². The Morgan fingerprint density at radius 3 is 2.35 bits per heavy atom. The second-order valence-electron chi connectivity index (χ2n) is 7.39. The minimum Gasteiger partial charge on any atom is -0.444 e. The number of methoxy groups -OCH3 is 1. The van der Waals surface area contributed by atoms with Gasteiger partial charge in [-0.25, -0.2) is 4.79 Å². The fourth-order valence-electron chi connectivity index (χ4n) is 1.89. The number of rotatable bonds is 5. The molecule has 2 N–H and O–H groups in total. The third kappa shape index (κ3) is 7.07. The maximum atomic E-state index is 11.9. The maximum absolute atomic E-state index is 11.9. The average Bonchev–Trinajstić information content (AvgIpc) is 2.37. The molecule has 0 radical (unpaired) electrons. The zero-order valence-corrected chi connectivity index (χ0v) is 15.5. The molecule has 0 aromatic rings. The quantitative estimate of drug-likeness (QED) is 0.592. The molecule has 1 amide bonds. The lowest BCUT2D eigenvalue weighted by molar-refractivity contribution is 0.00698. The van der Waals surface area contributed by atoms with Gasteiger partial charge in [-0.05, 0) is 41.5 Å². The van der Waals surface area contributed by atoms with E-state index in [9.17, 15) is 4.79 Å². The van der Waals surface area contributed by atoms with Gasteiger partial charge in [0.25, 0.3) is 0 Å². The number of guanidine groups is 1. The monoisotopic (exact) mass is 328 g/mol. The van der Waals surface area contributed by atoms with Crippen LogP contribution in [0, 0.1) is 0 Å². The molecule has 0 bridgehead atoms. The van der Waals surface area contributed by atoms with Crippen LogP contribution in [0.25, 0.3) is 0 Å². The van der Waals surface area contributed by atoms with Crippen molar-refractivity contribution in [2.45, 2.75) is 58.8 Å². The van der Waals surface area contributed by atoms with Crippen molar-refractivity contribution in [3.63, 3.8) is 0 Å². The number of hydrogen-bond donors (Lipinski definition) is 2. The topological polar surface area (TPSA) is 75.2 Å². The summed E-state index contributed by atoms with van der Waals surface area (Å²) in [5.74, 6) is 0.742. The van der Waals surface area contributed by atoms with Crippen molar-refractivity contribution >= 4 is 12.1 Å². The van der Waals surface area contributed by atoms with E-state index < -0.39 is 5.60 Å². The van der Waals surface area contributed by atoms with Crippen molar-refractivity contribution in [1.82, 2.24) is 15.5 Å². The molecule has 23 heavy (non-hydrogen) atoms. The summed E-state index contributed by atoms with van der Waals surface area (Å²) in [5.41, 5.74) is -0.762. The van der Waals surface area contributed by atoms with Crippen LogP contribution in [-0.4, -0.2) is 67.5 Å². The molecule has 7 nitrogen and oxygen atoms in total. The highest BCUT2D eigenvalue weighted by Crippen LogP contribution is 2.15. The smallest absolute Gasteiger partial charge is 0.410 e. The van der Waals surface area contributed by atoms with Gasteiger partial charge in [-0.3, -0.25) is 4.99 Å². The van der Waals surface area contributed by atoms with Crippen LogP contribution in [0.5, 0.6) is 0 Å². The van der Waals surface area contributed by atoms with E-state index in [0.717, 1.165) is 12.5 Å². The first kappa shape index (κ1) is 19.5. The molecule has 0 atom stereocenters. The van der Waals surface area contributed by atoms with E-state index in [1.807, 2.05) is 41.5 Å². The summed E-state index contributed by atoms with van der Waals surface area (Å²) in [7, 11) is 1.68. The molecule has 0 spiro atoms. The van der Waals surface area contributed by atoms with Crippen LogP contribution >= 0.6 is 0 Å². The number of carbonyl (C=O) groups excluding carboxylic acids is 1. The van der Waals surface area contributed by atoms with Crippen molar-refractivity contribution in [1.29, 1.82) is 0 Å². The molecule has 7 heteroatoms. The molecule has 0 unspecified atom stereocenters. The van der Waals surface area contributed by atoms with Crippen LogP contribution < -0.4 is 10.6 Å². The number of ether oxygens (including phenoxy) is 2. The van der Waals surface area contributed by atoms with E-state index in [4.69, 9.17) is 9.47 Å². The van der Waals surface area contributed by atoms with Crippen LogP contribution in [0.3, 0.4) is 0 Å². The Labute approximate surface area is 139 Å². The molecule has 1 rings (SSSR count). The lowest BCUT2D eigenvalue weighted by atomic mass is 10.1.